The molecule has 0 bridgehead atoms. The maximum atomic E-state index is 12.1. The third kappa shape index (κ3) is 4.37. The van der Waals surface area contributed by atoms with Gasteiger partial charge in [-0.05, 0) is 37.0 Å². The first kappa shape index (κ1) is 14.6. The number of carbonyl (C=O) groups excluding carboxylic acids is 1. The molecule has 0 radical (unpaired) electrons. The van der Waals surface area contributed by atoms with Crippen molar-refractivity contribution in [2.24, 2.45) is 11.7 Å². The highest BCUT2D eigenvalue weighted by Gasteiger charge is 2.15. The van der Waals surface area contributed by atoms with E-state index in [4.69, 9.17) is 10.5 Å². The van der Waals surface area contributed by atoms with Crippen LogP contribution in [0.5, 0.6) is 0 Å². The summed E-state index contributed by atoms with van der Waals surface area (Å²) in [5, 5.41) is 2.98. The molecule has 0 aromatic heterocycles. The Labute approximate surface area is 119 Å². The molecule has 1 aliphatic heterocycles. The van der Waals surface area contributed by atoms with Crippen LogP contribution >= 0.6 is 0 Å². The Morgan fingerprint density at radius 3 is 2.95 bits per heavy atom. The molecule has 106 valence electrons. The molecule has 4 heteroatoms. The topological polar surface area (TPSA) is 64.4 Å². The smallest absolute Gasteiger partial charge is 0.251 e. The van der Waals surface area contributed by atoms with Gasteiger partial charge >= 0.3 is 0 Å². The number of carbonyl (C=O) groups is 1. The van der Waals surface area contributed by atoms with Crippen molar-refractivity contribution >= 4 is 5.91 Å². The Hall–Kier alpha value is -1.83. The normalized spacial score (nSPS) is 15.2. The van der Waals surface area contributed by atoms with E-state index in [9.17, 15) is 4.79 Å². The fourth-order valence-electron chi connectivity index (χ4n) is 2.18. The average molecular weight is 272 g/mol. The van der Waals surface area contributed by atoms with Gasteiger partial charge in [0.15, 0.2) is 0 Å². The van der Waals surface area contributed by atoms with Crippen LogP contribution in [0.4, 0.5) is 0 Å². The number of hydrogen-bond acceptors (Lipinski definition) is 3. The third-order valence-corrected chi connectivity index (χ3v) is 3.35. The van der Waals surface area contributed by atoms with Gasteiger partial charge in [-0.2, -0.15) is 0 Å². The molecule has 0 unspecified atom stereocenters. The highest BCUT2D eigenvalue weighted by atomic mass is 16.5. The van der Waals surface area contributed by atoms with Crippen molar-refractivity contribution in [3.8, 4) is 11.8 Å². The minimum Gasteiger partial charge on any atom is -0.381 e. The predicted molar refractivity (Wildman–Crippen MR) is 78.3 cm³/mol. The molecule has 0 aliphatic carbocycles. The summed E-state index contributed by atoms with van der Waals surface area (Å²) >= 11 is 0. The van der Waals surface area contributed by atoms with E-state index in [0.717, 1.165) is 31.6 Å². The van der Waals surface area contributed by atoms with Gasteiger partial charge in [-0.15, -0.1) is 0 Å². The molecule has 1 aromatic carbocycles. The summed E-state index contributed by atoms with van der Waals surface area (Å²) in [6.45, 7) is 2.62. The van der Waals surface area contributed by atoms with E-state index >= 15 is 0 Å². The molecule has 1 fully saturated rings. The SMILES string of the molecule is NCC#Cc1cccc(C(=O)NCC2CCOCC2)c1. The Morgan fingerprint density at radius 1 is 1.40 bits per heavy atom. The van der Waals surface area contributed by atoms with Crippen molar-refractivity contribution in [2.75, 3.05) is 26.3 Å². The van der Waals surface area contributed by atoms with E-state index in [0.29, 0.717) is 24.6 Å². The Bertz CT molecular complexity index is 511. The van der Waals surface area contributed by atoms with Crippen LogP contribution in [0.1, 0.15) is 28.8 Å². The van der Waals surface area contributed by atoms with Crippen molar-refractivity contribution in [2.45, 2.75) is 12.8 Å². The van der Waals surface area contributed by atoms with E-state index in [1.807, 2.05) is 12.1 Å². The summed E-state index contributed by atoms with van der Waals surface area (Å²) in [7, 11) is 0. The molecule has 3 N–H and O–H groups in total. The first-order valence-electron chi connectivity index (χ1n) is 6.94. The van der Waals surface area contributed by atoms with Gasteiger partial charge in [-0.3, -0.25) is 4.79 Å². The summed E-state index contributed by atoms with van der Waals surface area (Å²) in [6, 6.07) is 7.30. The number of nitrogens with one attached hydrogen (secondary N) is 1. The zero-order chi connectivity index (χ0) is 14.2. The van der Waals surface area contributed by atoms with Crippen LogP contribution in [-0.2, 0) is 4.74 Å². The van der Waals surface area contributed by atoms with Crippen LogP contribution < -0.4 is 11.1 Å². The molecule has 2 rings (SSSR count). The maximum absolute atomic E-state index is 12.1. The number of ether oxygens (including phenoxy) is 1. The first-order chi connectivity index (χ1) is 9.79. The highest BCUT2D eigenvalue weighted by Crippen LogP contribution is 2.13. The first-order valence-corrected chi connectivity index (χ1v) is 6.94. The molecule has 0 spiro atoms. The minimum atomic E-state index is -0.0482. The van der Waals surface area contributed by atoms with Crippen LogP contribution in [0.15, 0.2) is 24.3 Å². The predicted octanol–water partition coefficient (Wildman–Crippen LogP) is 1.15. The Morgan fingerprint density at radius 2 is 2.20 bits per heavy atom. The van der Waals surface area contributed by atoms with Gasteiger partial charge < -0.3 is 15.8 Å². The molecule has 20 heavy (non-hydrogen) atoms. The zero-order valence-electron chi connectivity index (χ0n) is 11.5. The Balaban J connectivity index is 1.91. The Kier molecular flexibility index (Phi) is 5.60. The highest BCUT2D eigenvalue weighted by molar-refractivity contribution is 5.94. The van der Waals surface area contributed by atoms with Gasteiger partial charge in [0.2, 0.25) is 0 Å². The quantitative estimate of drug-likeness (QED) is 0.811. The summed E-state index contributed by atoms with van der Waals surface area (Å²) in [5.74, 6) is 6.19. The van der Waals surface area contributed by atoms with Gasteiger partial charge in [0.1, 0.15) is 0 Å². The number of nitrogens with two attached hydrogens (primary N) is 1. The lowest BCUT2D eigenvalue weighted by molar-refractivity contribution is 0.0642. The molecule has 1 aliphatic rings. The number of amides is 1. The van der Waals surface area contributed by atoms with Crippen molar-refractivity contribution in [1.82, 2.24) is 5.32 Å². The van der Waals surface area contributed by atoms with E-state index in [1.54, 1.807) is 12.1 Å². The van der Waals surface area contributed by atoms with Crippen molar-refractivity contribution in [1.29, 1.82) is 0 Å². The number of rotatable bonds is 3. The third-order valence-electron chi connectivity index (χ3n) is 3.35. The molecule has 1 aromatic rings. The van der Waals surface area contributed by atoms with E-state index < -0.39 is 0 Å². The number of hydrogen-bond donors (Lipinski definition) is 2. The second-order valence-corrected chi connectivity index (χ2v) is 4.85. The standard InChI is InChI=1S/C16H20N2O2/c17-8-2-4-13-3-1-5-15(11-13)16(19)18-12-14-6-9-20-10-7-14/h1,3,5,11,14H,6-10,12,17H2,(H,18,19). The lowest BCUT2D eigenvalue weighted by Gasteiger charge is -2.22. The van der Waals surface area contributed by atoms with Gasteiger partial charge in [0, 0.05) is 30.9 Å². The van der Waals surface area contributed by atoms with Crippen LogP contribution in [-0.4, -0.2) is 32.2 Å². The number of benzene rings is 1. The second kappa shape index (κ2) is 7.68. The van der Waals surface area contributed by atoms with Gasteiger partial charge in [-0.25, -0.2) is 0 Å². The molecule has 0 saturated carbocycles. The van der Waals surface area contributed by atoms with Gasteiger partial charge in [-0.1, -0.05) is 17.9 Å². The summed E-state index contributed by atoms with van der Waals surface area (Å²) < 4.78 is 5.31. The fourth-order valence-corrected chi connectivity index (χ4v) is 2.18. The van der Waals surface area contributed by atoms with E-state index in [2.05, 4.69) is 17.2 Å². The zero-order valence-corrected chi connectivity index (χ0v) is 11.5. The molecular formula is C16H20N2O2. The van der Waals surface area contributed by atoms with Crippen LogP contribution in [0.2, 0.25) is 0 Å². The van der Waals surface area contributed by atoms with Crippen LogP contribution in [0.25, 0.3) is 0 Å². The fraction of sp³-hybridized carbons (Fsp3) is 0.438. The van der Waals surface area contributed by atoms with Crippen molar-refractivity contribution in [3.63, 3.8) is 0 Å². The van der Waals surface area contributed by atoms with Crippen LogP contribution in [0.3, 0.4) is 0 Å². The lowest BCUT2D eigenvalue weighted by atomic mass is 10.0. The van der Waals surface area contributed by atoms with E-state index in [-0.39, 0.29) is 5.91 Å². The minimum absolute atomic E-state index is 0.0482. The lowest BCUT2D eigenvalue weighted by Crippen LogP contribution is -2.32. The van der Waals surface area contributed by atoms with Crippen molar-refractivity contribution < 1.29 is 9.53 Å². The van der Waals surface area contributed by atoms with E-state index in [1.165, 1.54) is 0 Å². The summed E-state index contributed by atoms with van der Waals surface area (Å²) in [6.07, 6.45) is 2.03. The monoisotopic (exact) mass is 272 g/mol. The maximum Gasteiger partial charge on any atom is 0.251 e. The van der Waals surface area contributed by atoms with Crippen LogP contribution in [0, 0.1) is 17.8 Å². The average Bonchev–Trinajstić information content (AvgIpc) is 2.52. The molecule has 1 saturated heterocycles. The largest absolute Gasteiger partial charge is 0.381 e. The van der Waals surface area contributed by atoms with Gasteiger partial charge in [0.25, 0.3) is 5.91 Å². The van der Waals surface area contributed by atoms with Gasteiger partial charge in [0.05, 0.1) is 6.54 Å². The molecule has 1 heterocycles. The second-order valence-electron chi connectivity index (χ2n) is 4.85. The molecule has 4 nitrogen and oxygen atoms in total. The summed E-state index contributed by atoms with van der Waals surface area (Å²) in [4.78, 5) is 12.1. The molecular weight excluding hydrogens is 252 g/mol. The molecule has 0 atom stereocenters. The van der Waals surface area contributed by atoms with Crippen molar-refractivity contribution in [3.05, 3.63) is 35.4 Å². The molecule has 1 amide bonds. The summed E-state index contributed by atoms with van der Waals surface area (Å²) in [5.41, 5.74) is 6.80.